The van der Waals surface area contributed by atoms with Crippen LogP contribution in [0.3, 0.4) is 0 Å². The SMILES string of the molecule is CC(=O)[C@H]1C(C(=O)c2ccc(Cl)cc2)C[C@H]2[C@@H]3CCC4=CC(=O)CC[C@]4(C)[C@@]3(F)C(O)C[C@]12C. The van der Waals surface area contributed by atoms with Gasteiger partial charge in [0.2, 0.25) is 0 Å². The minimum atomic E-state index is -1.89. The molecule has 2 unspecified atom stereocenters. The number of aliphatic hydroxyl groups is 1. The Bertz CT molecular complexity index is 1100. The number of aliphatic hydroxyl groups excluding tert-OH is 1. The lowest BCUT2D eigenvalue weighted by atomic mass is 9.44. The van der Waals surface area contributed by atoms with Crippen molar-refractivity contribution in [2.75, 3.05) is 0 Å². The number of carbonyl (C=O) groups is 3. The summed E-state index contributed by atoms with van der Waals surface area (Å²) in [6.45, 7) is 5.34. The van der Waals surface area contributed by atoms with Crippen molar-refractivity contribution >= 4 is 29.0 Å². The third kappa shape index (κ3) is 3.08. The zero-order chi connectivity index (χ0) is 24.6. The van der Waals surface area contributed by atoms with Crippen LogP contribution in [-0.2, 0) is 9.59 Å². The lowest BCUT2D eigenvalue weighted by Gasteiger charge is -2.62. The normalized spacial score (nSPS) is 43.4. The van der Waals surface area contributed by atoms with Crippen LogP contribution in [0.2, 0.25) is 5.02 Å². The average Bonchev–Trinajstić information content (AvgIpc) is 3.08. The molecule has 0 amide bonds. The van der Waals surface area contributed by atoms with Crippen molar-refractivity contribution < 1.29 is 23.9 Å². The second kappa shape index (κ2) is 7.83. The molecule has 3 saturated carbocycles. The number of carbonyl (C=O) groups excluding carboxylic acids is 3. The van der Waals surface area contributed by atoms with Crippen molar-refractivity contribution in [3.05, 3.63) is 46.5 Å². The number of halogens is 2. The van der Waals surface area contributed by atoms with Crippen molar-refractivity contribution in [3.63, 3.8) is 0 Å². The Morgan fingerprint density at radius 1 is 1.12 bits per heavy atom. The summed E-state index contributed by atoms with van der Waals surface area (Å²) in [5, 5.41) is 11.9. The minimum Gasteiger partial charge on any atom is -0.390 e. The van der Waals surface area contributed by atoms with Crippen LogP contribution in [-0.4, -0.2) is 34.2 Å². The van der Waals surface area contributed by atoms with Gasteiger partial charge >= 0.3 is 0 Å². The topological polar surface area (TPSA) is 71.4 Å². The van der Waals surface area contributed by atoms with Gasteiger partial charge in [-0.05, 0) is 80.7 Å². The maximum Gasteiger partial charge on any atom is 0.166 e. The molecule has 0 radical (unpaired) electrons. The molecule has 4 aliphatic carbocycles. The number of hydrogen-bond acceptors (Lipinski definition) is 4. The number of alkyl halides is 1. The second-order valence-electron chi connectivity index (χ2n) is 11.5. The molecular formula is C28H32ClFO4. The molecule has 8 atom stereocenters. The summed E-state index contributed by atoms with van der Waals surface area (Å²) in [7, 11) is 0. The van der Waals surface area contributed by atoms with Gasteiger partial charge in [0.15, 0.2) is 11.6 Å². The van der Waals surface area contributed by atoms with Gasteiger partial charge in [-0.1, -0.05) is 31.0 Å². The van der Waals surface area contributed by atoms with E-state index in [2.05, 4.69) is 0 Å². The first-order valence-electron chi connectivity index (χ1n) is 12.3. The summed E-state index contributed by atoms with van der Waals surface area (Å²) in [6.07, 6.45) is 2.69. The van der Waals surface area contributed by atoms with E-state index in [4.69, 9.17) is 11.6 Å². The average molecular weight is 487 g/mol. The lowest BCUT2D eigenvalue weighted by Crippen LogP contribution is -2.67. The van der Waals surface area contributed by atoms with E-state index in [9.17, 15) is 19.5 Å². The molecule has 0 heterocycles. The molecule has 182 valence electrons. The fourth-order valence-corrected chi connectivity index (χ4v) is 8.58. The standard InChI is InChI=1S/C28H32ClFO4/c1-15(31)24-20(25(34)16-4-7-18(29)8-5-16)13-22-21-9-6-17-12-19(32)10-11-27(17,3)28(21,30)23(33)14-26(22,24)2/h4-5,7-8,12,20-24,33H,6,9-11,13-14H2,1-3H3/t20?,21-,22-,23?,24-,26-,27-,28-/m0/s1. The Labute approximate surface area is 204 Å². The number of fused-ring (bicyclic) bond motifs is 5. The van der Waals surface area contributed by atoms with E-state index in [0.717, 1.165) is 5.57 Å². The van der Waals surface area contributed by atoms with Crippen LogP contribution in [0.15, 0.2) is 35.9 Å². The van der Waals surface area contributed by atoms with Crippen LogP contribution in [0.5, 0.6) is 0 Å². The zero-order valence-corrected chi connectivity index (χ0v) is 20.7. The highest BCUT2D eigenvalue weighted by Crippen LogP contribution is 2.70. The zero-order valence-electron chi connectivity index (χ0n) is 19.9. The van der Waals surface area contributed by atoms with Crippen LogP contribution in [0.1, 0.15) is 69.7 Å². The molecule has 6 heteroatoms. The van der Waals surface area contributed by atoms with Gasteiger partial charge in [-0.2, -0.15) is 0 Å². The number of hydrogen-bond donors (Lipinski definition) is 1. The van der Waals surface area contributed by atoms with Gasteiger partial charge in [-0.3, -0.25) is 14.4 Å². The lowest BCUT2D eigenvalue weighted by molar-refractivity contribution is -0.208. The first-order valence-corrected chi connectivity index (χ1v) is 12.7. The van der Waals surface area contributed by atoms with Gasteiger partial charge in [0.05, 0.1) is 6.10 Å². The van der Waals surface area contributed by atoms with E-state index in [1.165, 1.54) is 6.92 Å². The second-order valence-corrected chi connectivity index (χ2v) is 12.0. The number of Topliss-reactive ketones (excluding diaryl/α,β-unsaturated/α-hetero) is 2. The Kier molecular flexibility index (Phi) is 5.49. The molecule has 1 aromatic rings. The molecule has 0 aromatic heterocycles. The minimum absolute atomic E-state index is 0.0239. The number of rotatable bonds is 3. The van der Waals surface area contributed by atoms with Gasteiger partial charge < -0.3 is 5.11 Å². The summed E-state index contributed by atoms with van der Waals surface area (Å²) in [6, 6.07) is 6.69. The van der Waals surface area contributed by atoms with E-state index in [1.807, 2.05) is 13.8 Å². The molecule has 34 heavy (non-hydrogen) atoms. The fraction of sp³-hybridized carbons (Fsp3) is 0.607. The predicted molar refractivity (Wildman–Crippen MR) is 127 cm³/mol. The van der Waals surface area contributed by atoms with E-state index in [0.29, 0.717) is 36.3 Å². The van der Waals surface area contributed by atoms with Crippen molar-refractivity contribution in [1.29, 1.82) is 0 Å². The van der Waals surface area contributed by atoms with Crippen LogP contribution < -0.4 is 0 Å². The Morgan fingerprint density at radius 2 is 1.79 bits per heavy atom. The summed E-state index contributed by atoms with van der Waals surface area (Å²) < 4.78 is 17.3. The van der Waals surface area contributed by atoms with Crippen molar-refractivity contribution in [3.8, 4) is 0 Å². The van der Waals surface area contributed by atoms with Crippen LogP contribution in [0.25, 0.3) is 0 Å². The Balaban J connectivity index is 1.57. The largest absolute Gasteiger partial charge is 0.390 e. The summed E-state index contributed by atoms with van der Waals surface area (Å²) in [5.74, 6) is -1.97. The highest BCUT2D eigenvalue weighted by atomic mass is 35.5. The van der Waals surface area contributed by atoms with E-state index in [-0.39, 0.29) is 36.1 Å². The van der Waals surface area contributed by atoms with Crippen molar-refractivity contribution in [1.82, 2.24) is 0 Å². The van der Waals surface area contributed by atoms with Crippen LogP contribution >= 0.6 is 11.6 Å². The maximum absolute atomic E-state index is 17.3. The predicted octanol–water partition coefficient (Wildman–Crippen LogP) is 5.55. The van der Waals surface area contributed by atoms with Crippen LogP contribution in [0, 0.1) is 34.5 Å². The fourth-order valence-electron chi connectivity index (χ4n) is 8.46. The van der Waals surface area contributed by atoms with Gasteiger partial charge in [0.1, 0.15) is 11.5 Å². The third-order valence-electron chi connectivity index (χ3n) is 10.0. The quantitative estimate of drug-likeness (QED) is 0.568. The molecule has 0 bridgehead atoms. The van der Waals surface area contributed by atoms with Gasteiger partial charge in [0.25, 0.3) is 0 Å². The summed E-state index contributed by atoms with van der Waals surface area (Å²) >= 11 is 6.00. The molecule has 1 N–H and O–H groups in total. The molecule has 1 aromatic carbocycles. The molecule has 5 rings (SSSR count). The van der Waals surface area contributed by atoms with E-state index >= 15 is 4.39 Å². The van der Waals surface area contributed by atoms with Crippen molar-refractivity contribution in [2.45, 2.75) is 71.1 Å². The van der Waals surface area contributed by atoms with Gasteiger partial charge in [0, 0.05) is 40.2 Å². The molecular weight excluding hydrogens is 455 g/mol. The first kappa shape index (κ1) is 23.9. The Hall–Kier alpha value is -1.85. The highest BCUT2D eigenvalue weighted by Gasteiger charge is 2.72. The smallest absolute Gasteiger partial charge is 0.166 e. The molecule has 0 saturated heterocycles. The molecule has 3 fully saturated rings. The molecule has 0 aliphatic heterocycles. The van der Waals surface area contributed by atoms with Gasteiger partial charge in [-0.15, -0.1) is 0 Å². The molecule has 4 aliphatic rings. The van der Waals surface area contributed by atoms with Crippen LogP contribution in [0.4, 0.5) is 4.39 Å². The third-order valence-corrected chi connectivity index (χ3v) is 10.3. The highest BCUT2D eigenvalue weighted by molar-refractivity contribution is 6.30. The maximum atomic E-state index is 17.3. The van der Waals surface area contributed by atoms with Gasteiger partial charge in [-0.25, -0.2) is 4.39 Å². The number of benzene rings is 1. The summed E-state index contributed by atoms with van der Waals surface area (Å²) in [4.78, 5) is 38.7. The van der Waals surface area contributed by atoms with Crippen molar-refractivity contribution in [2.24, 2.45) is 34.5 Å². The molecule has 0 spiro atoms. The number of allylic oxidation sites excluding steroid dienone is 1. The van der Waals surface area contributed by atoms with E-state index in [1.54, 1.807) is 30.3 Å². The molecule has 4 nitrogen and oxygen atoms in total. The monoisotopic (exact) mass is 486 g/mol. The van der Waals surface area contributed by atoms with E-state index < -0.39 is 40.4 Å². The number of ketones is 3. The Morgan fingerprint density at radius 3 is 2.44 bits per heavy atom. The first-order chi connectivity index (χ1) is 15.9. The summed E-state index contributed by atoms with van der Waals surface area (Å²) in [5.41, 5.74) is -2.15.